The van der Waals surface area contributed by atoms with E-state index in [-0.39, 0.29) is 24.0 Å². The van der Waals surface area contributed by atoms with Gasteiger partial charge in [-0.15, -0.1) is 24.0 Å². The van der Waals surface area contributed by atoms with Gasteiger partial charge in [0.2, 0.25) is 0 Å². The van der Waals surface area contributed by atoms with Crippen molar-refractivity contribution in [3.63, 3.8) is 0 Å². The molecule has 1 aliphatic heterocycles. The maximum Gasteiger partial charge on any atom is 0.193 e. The summed E-state index contributed by atoms with van der Waals surface area (Å²) in [5.74, 6) is 2.53. The number of aryl methyl sites for hydroxylation is 1. The second kappa shape index (κ2) is 12.7. The van der Waals surface area contributed by atoms with E-state index in [0.29, 0.717) is 0 Å². The van der Waals surface area contributed by atoms with Gasteiger partial charge in [0.05, 0.1) is 14.2 Å². The molecule has 1 aromatic carbocycles. The molecule has 0 atom stereocenters. The molecular formula is C23H34IN5O2. The van der Waals surface area contributed by atoms with Crippen molar-refractivity contribution < 1.29 is 9.47 Å². The molecule has 31 heavy (non-hydrogen) atoms. The summed E-state index contributed by atoms with van der Waals surface area (Å²) in [4.78, 5) is 13.5. The topological polar surface area (TPSA) is 62.2 Å². The third-order valence-electron chi connectivity index (χ3n) is 5.55. The van der Waals surface area contributed by atoms with E-state index in [9.17, 15) is 0 Å². The van der Waals surface area contributed by atoms with Gasteiger partial charge in [-0.3, -0.25) is 14.9 Å². The molecule has 1 fully saturated rings. The Kier molecular flexibility index (Phi) is 10.3. The first-order valence-electron chi connectivity index (χ1n) is 10.4. The van der Waals surface area contributed by atoms with Gasteiger partial charge in [-0.1, -0.05) is 6.07 Å². The fourth-order valence-electron chi connectivity index (χ4n) is 3.78. The van der Waals surface area contributed by atoms with Gasteiger partial charge < -0.3 is 19.7 Å². The van der Waals surface area contributed by atoms with Crippen LogP contribution in [0.2, 0.25) is 0 Å². The third kappa shape index (κ3) is 6.96. The van der Waals surface area contributed by atoms with Crippen LogP contribution in [-0.2, 0) is 13.0 Å². The highest BCUT2D eigenvalue weighted by Crippen LogP contribution is 2.28. The number of piperazine rings is 1. The largest absolute Gasteiger partial charge is 0.493 e. The van der Waals surface area contributed by atoms with Crippen molar-refractivity contribution in [3.05, 3.63) is 53.3 Å². The lowest BCUT2D eigenvalue weighted by atomic mass is 10.1. The molecule has 0 unspecified atom stereocenters. The minimum atomic E-state index is 0. The van der Waals surface area contributed by atoms with Crippen molar-refractivity contribution in [2.75, 3.05) is 54.0 Å². The molecule has 8 heteroatoms. The zero-order valence-electron chi connectivity index (χ0n) is 18.9. The number of aliphatic imine (C=N–C) groups is 1. The first-order chi connectivity index (χ1) is 14.6. The molecule has 1 aliphatic rings. The minimum Gasteiger partial charge on any atom is -0.493 e. The van der Waals surface area contributed by atoms with Crippen molar-refractivity contribution in [3.8, 4) is 11.5 Å². The van der Waals surface area contributed by atoms with Gasteiger partial charge in [-0.25, -0.2) is 0 Å². The lowest BCUT2D eigenvalue weighted by Gasteiger charge is -2.36. The van der Waals surface area contributed by atoms with Crippen LogP contribution in [0, 0.1) is 6.92 Å². The van der Waals surface area contributed by atoms with E-state index in [1.807, 2.05) is 25.5 Å². The van der Waals surface area contributed by atoms with Crippen molar-refractivity contribution in [2.24, 2.45) is 4.99 Å². The molecule has 0 amide bonds. The number of methoxy groups -OCH3 is 2. The van der Waals surface area contributed by atoms with Gasteiger partial charge in [-0.2, -0.15) is 0 Å². The summed E-state index contributed by atoms with van der Waals surface area (Å²) in [5, 5.41) is 3.51. The number of nitrogens with zero attached hydrogens (tertiary/aromatic N) is 4. The van der Waals surface area contributed by atoms with Crippen LogP contribution in [0.25, 0.3) is 0 Å². The van der Waals surface area contributed by atoms with Gasteiger partial charge in [0.1, 0.15) is 0 Å². The summed E-state index contributed by atoms with van der Waals surface area (Å²) in [6.45, 7) is 7.79. The zero-order chi connectivity index (χ0) is 21.3. The highest BCUT2D eigenvalue weighted by atomic mass is 127. The van der Waals surface area contributed by atoms with Crippen LogP contribution >= 0.6 is 24.0 Å². The highest BCUT2D eigenvalue weighted by molar-refractivity contribution is 14.0. The summed E-state index contributed by atoms with van der Waals surface area (Å²) in [7, 11) is 5.20. The van der Waals surface area contributed by atoms with E-state index in [1.165, 1.54) is 16.7 Å². The van der Waals surface area contributed by atoms with E-state index in [0.717, 1.165) is 63.1 Å². The number of nitrogens with one attached hydrogen (secondary N) is 1. The monoisotopic (exact) mass is 539 g/mol. The number of hydrogen-bond acceptors (Lipinski definition) is 5. The quantitative estimate of drug-likeness (QED) is 0.332. The van der Waals surface area contributed by atoms with Crippen molar-refractivity contribution in [1.82, 2.24) is 20.1 Å². The van der Waals surface area contributed by atoms with Crippen LogP contribution in [0.15, 0.2) is 41.7 Å². The number of guanidine groups is 1. The molecule has 0 bridgehead atoms. The van der Waals surface area contributed by atoms with Crippen LogP contribution in [0.1, 0.15) is 16.7 Å². The molecule has 170 valence electrons. The van der Waals surface area contributed by atoms with E-state index in [2.05, 4.69) is 50.2 Å². The van der Waals surface area contributed by atoms with Crippen molar-refractivity contribution >= 4 is 29.9 Å². The number of rotatable bonds is 7. The zero-order valence-corrected chi connectivity index (χ0v) is 21.3. The molecule has 2 heterocycles. The molecule has 1 N–H and O–H groups in total. The third-order valence-corrected chi connectivity index (χ3v) is 5.55. The van der Waals surface area contributed by atoms with Crippen LogP contribution in [0.3, 0.4) is 0 Å². The first-order valence-corrected chi connectivity index (χ1v) is 10.4. The fourth-order valence-corrected chi connectivity index (χ4v) is 3.78. The Balaban J connectivity index is 0.00000341. The number of aromatic nitrogens is 1. The van der Waals surface area contributed by atoms with Gasteiger partial charge in [0.25, 0.3) is 0 Å². The molecule has 0 radical (unpaired) electrons. The highest BCUT2D eigenvalue weighted by Gasteiger charge is 2.20. The van der Waals surface area contributed by atoms with Crippen molar-refractivity contribution in [2.45, 2.75) is 19.9 Å². The smallest absolute Gasteiger partial charge is 0.193 e. The molecule has 3 rings (SSSR count). The summed E-state index contributed by atoms with van der Waals surface area (Å²) < 4.78 is 10.8. The number of hydrogen-bond donors (Lipinski definition) is 1. The molecule has 2 aromatic rings. The average molecular weight is 539 g/mol. The minimum absolute atomic E-state index is 0. The molecule has 0 aliphatic carbocycles. The molecule has 1 saturated heterocycles. The Hall–Kier alpha value is -2.07. The summed E-state index contributed by atoms with van der Waals surface area (Å²) in [6.07, 6.45) is 4.74. The Bertz CT molecular complexity index is 854. The van der Waals surface area contributed by atoms with Crippen LogP contribution in [-0.4, -0.2) is 74.7 Å². The van der Waals surface area contributed by atoms with E-state index in [4.69, 9.17) is 9.47 Å². The molecular weight excluding hydrogens is 505 g/mol. The Morgan fingerprint density at radius 3 is 2.48 bits per heavy atom. The number of pyridine rings is 1. The number of halogens is 1. The van der Waals surface area contributed by atoms with Crippen LogP contribution in [0.5, 0.6) is 11.5 Å². The standard InChI is InChI=1S/C23H33N5O2.HI/c1-18-16-25-9-7-20(18)8-10-26-23(24-2)28-13-11-27(12-14-28)17-19-5-6-21(29-3)22(15-19)30-4;/h5-7,9,15-16H,8,10-14,17H2,1-4H3,(H,24,26);1H. The number of ether oxygens (including phenoxy) is 2. The van der Waals surface area contributed by atoms with Gasteiger partial charge in [0, 0.05) is 58.7 Å². The normalized spacial score (nSPS) is 14.7. The Labute approximate surface area is 202 Å². The average Bonchev–Trinajstić information content (AvgIpc) is 2.78. The van der Waals surface area contributed by atoms with Gasteiger partial charge >= 0.3 is 0 Å². The van der Waals surface area contributed by atoms with Crippen LogP contribution < -0.4 is 14.8 Å². The summed E-state index contributed by atoms with van der Waals surface area (Å²) >= 11 is 0. The second-order valence-corrected chi connectivity index (χ2v) is 7.48. The number of benzene rings is 1. The van der Waals surface area contributed by atoms with Gasteiger partial charge in [-0.05, 0) is 48.2 Å². The Morgan fingerprint density at radius 1 is 1.10 bits per heavy atom. The SMILES string of the molecule is CN=C(NCCc1ccncc1C)N1CCN(Cc2ccc(OC)c(OC)c2)CC1.I. The predicted molar refractivity (Wildman–Crippen MR) is 136 cm³/mol. The maximum absolute atomic E-state index is 5.43. The summed E-state index contributed by atoms with van der Waals surface area (Å²) in [5.41, 5.74) is 3.79. The van der Waals surface area contributed by atoms with E-state index >= 15 is 0 Å². The molecule has 0 spiro atoms. The lowest BCUT2D eigenvalue weighted by molar-refractivity contribution is 0.172. The van der Waals surface area contributed by atoms with E-state index in [1.54, 1.807) is 14.2 Å². The second-order valence-electron chi connectivity index (χ2n) is 7.48. The fraction of sp³-hybridized carbons (Fsp3) is 0.478. The predicted octanol–water partition coefficient (Wildman–Crippen LogP) is 2.96. The van der Waals surface area contributed by atoms with E-state index < -0.39 is 0 Å². The summed E-state index contributed by atoms with van der Waals surface area (Å²) in [6, 6.07) is 8.23. The van der Waals surface area contributed by atoms with Crippen molar-refractivity contribution in [1.29, 1.82) is 0 Å². The van der Waals surface area contributed by atoms with Gasteiger partial charge in [0.15, 0.2) is 17.5 Å². The first kappa shape index (κ1) is 25.2. The molecule has 1 aromatic heterocycles. The molecule has 7 nitrogen and oxygen atoms in total. The maximum atomic E-state index is 5.43. The molecule has 0 saturated carbocycles. The lowest BCUT2D eigenvalue weighted by Crippen LogP contribution is -2.52. The Morgan fingerprint density at radius 2 is 1.84 bits per heavy atom. The van der Waals surface area contributed by atoms with Crippen LogP contribution in [0.4, 0.5) is 0 Å².